The minimum Gasteiger partial charge on any atom is -0.344 e. The van der Waals surface area contributed by atoms with Gasteiger partial charge in [-0.3, -0.25) is 0 Å². The molecule has 7 aromatic carbocycles. The second kappa shape index (κ2) is 8.33. The van der Waals surface area contributed by atoms with E-state index in [1.54, 1.807) is 0 Å². The highest BCUT2D eigenvalue weighted by molar-refractivity contribution is 6.21. The van der Waals surface area contributed by atoms with Crippen LogP contribution in [0.2, 0.25) is 0 Å². The maximum absolute atomic E-state index is 2.40. The first kappa shape index (κ1) is 22.5. The number of rotatable bonds is 2. The molecule has 192 valence electrons. The lowest BCUT2D eigenvalue weighted by Crippen LogP contribution is -1.93. The second-order valence-electron chi connectivity index (χ2n) is 11.1. The van der Waals surface area contributed by atoms with Crippen LogP contribution in [0, 0.1) is 0 Å². The lowest BCUT2D eigenvalue weighted by Gasteiger charge is -2.10. The van der Waals surface area contributed by atoms with Gasteiger partial charge >= 0.3 is 0 Å². The lowest BCUT2D eigenvalue weighted by atomic mass is 9.99. The van der Waals surface area contributed by atoms with Gasteiger partial charge in [0.1, 0.15) is 0 Å². The van der Waals surface area contributed by atoms with Crippen LogP contribution in [0.5, 0.6) is 0 Å². The van der Waals surface area contributed by atoms with Gasteiger partial charge in [-0.15, -0.1) is 0 Å². The number of hydrogen-bond donors (Lipinski definition) is 0. The number of hydrogen-bond acceptors (Lipinski definition) is 0. The maximum atomic E-state index is 2.40. The molecular weight excluding hydrogens is 496 g/mol. The van der Waals surface area contributed by atoms with Gasteiger partial charge in [0, 0.05) is 45.3 Å². The molecule has 0 bridgehead atoms. The van der Waals surface area contributed by atoms with E-state index in [0.29, 0.717) is 0 Å². The predicted molar refractivity (Wildman–Crippen MR) is 175 cm³/mol. The van der Waals surface area contributed by atoms with Gasteiger partial charge in [0.15, 0.2) is 0 Å². The summed E-state index contributed by atoms with van der Waals surface area (Å²) in [4.78, 5) is 0. The summed E-state index contributed by atoms with van der Waals surface area (Å²) < 4.78 is 4.72. The largest absolute Gasteiger partial charge is 0.344 e. The molecule has 0 saturated carbocycles. The van der Waals surface area contributed by atoms with Crippen molar-refractivity contribution in [3.8, 4) is 16.8 Å². The number of nitrogens with zero attached hydrogens (tertiary/aromatic N) is 2. The quantitative estimate of drug-likeness (QED) is 0.214. The molecule has 0 aliphatic rings. The summed E-state index contributed by atoms with van der Waals surface area (Å²) in [6.45, 7) is 0. The molecule has 0 amide bonds. The Labute approximate surface area is 237 Å². The Hall–Kier alpha value is -5.34. The van der Waals surface area contributed by atoms with Crippen molar-refractivity contribution in [3.63, 3.8) is 0 Å². The van der Waals surface area contributed by atoms with Crippen molar-refractivity contribution in [1.82, 2.24) is 9.13 Å². The van der Waals surface area contributed by atoms with Crippen LogP contribution in [0.1, 0.15) is 0 Å². The molecule has 0 N–H and O–H groups in total. The van der Waals surface area contributed by atoms with Gasteiger partial charge in [-0.1, -0.05) is 91.0 Å². The third kappa shape index (κ3) is 3.19. The van der Waals surface area contributed by atoms with E-state index in [1.807, 2.05) is 0 Å². The molecule has 0 aliphatic carbocycles. The van der Waals surface area contributed by atoms with Crippen LogP contribution in [-0.4, -0.2) is 9.13 Å². The van der Waals surface area contributed by atoms with Crippen molar-refractivity contribution in [3.05, 3.63) is 140 Å². The smallest absolute Gasteiger partial charge is 0.0541 e. The summed E-state index contributed by atoms with van der Waals surface area (Å²) in [6.07, 6.45) is 0. The molecule has 0 saturated heterocycles. The fraction of sp³-hybridized carbons (Fsp3) is 0.0256. The Morgan fingerprint density at radius 1 is 0.390 bits per heavy atom. The molecule has 2 heterocycles. The van der Waals surface area contributed by atoms with Crippen molar-refractivity contribution < 1.29 is 0 Å². The fourth-order valence-electron chi connectivity index (χ4n) is 6.91. The average Bonchev–Trinajstić information content (AvgIpc) is 3.52. The van der Waals surface area contributed by atoms with E-state index in [2.05, 4.69) is 156 Å². The highest BCUT2D eigenvalue weighted by atomic mass is 15.0. The molecule has 41 heavy (non-hydrogen) atoms. The summed E-state index contributed by atoms with van der Waals surface area (Å²) in [7, 11) is 2.17. The minimum absolute atomic E-state index is 1.19. The topological polar surface area (TPSA) is 9.86 Å². The van der Waals surface area contributed by atoms with E-state index < -0.39 is 0 Å². The Morgan fingerprint density at radius 3 is 1.85 bits per heavy atom. The van der Waals surface area contributed by atoms with Crippen molar-refractivity contribution in [2.24, 2.45) is 7.05 Å². The van der Waals surface area contributed by atoms with Crippen molar-refractivity contribution in [1.29, 1.82) is 0 Å². The highest BCUT2D eigenvalue weighted by Gasteiger charge is 2.15. The molecule has 0 atom stereocenters. The fourth-order valence-corrected chi connectivity index (χ4v) is 6.91. The van der Waals surface area contributed by atoms with Gasteiger partial charge in [-0.2, -0.15) is 0 Å². The van der Waals surface area contributed by atoms with E-state index in [-0.39, 0.29) is 0 Å². The van der Waals surface area contributed by atoms with Crippen molar-refractivity contribution in [2.45, 2.75) is 0 Å². The zero-order valence-corrected chi connectivity index (χ0v) is 22.7. The summed E-state index contributed by atoms with van der Waals surface area (Å²) >= 11 is 0. The molecule has 0 radical (unpaired) electrons. The van der Waals surface area contributed by atoms with E-state index in [4.69, 9.17) is 0 Å². The second-order valence-corrected chi connectivity index (χ2v) is 11.1. The number of aryl methyl sites for hydroxylation is 1. The summed E-state index contributed by atoms with van der Waals surface area (Å²) in [5, 5.41) is 10.3. The molecule has 0 spiro atoms. The molecular formula is C39H26N2. The molecule has 0 aliphatic heterocycles. The average molecular weight is 523 g/mol. The SMILES string of the molecule is Cn1c2ccc(-c3ccc4c(c3)c3ccccc3n4-c3ccc4ccccc4c3)cc2c2c3ccccc3ccc21. The van der Waals surface area contributed by atoms with E-state index >= 15 is 0 Å². The van der Waals surface area contributed by atoms with Gasteiger partial charge in [0.2, 0.25) is 0 Å². The first-order valence-electron chi connectivity index (χ1n) is 14.2. The van der Waals surface area contributed by atoms with Gasteiger partial charge < -0.3 is 9.13 Å². The van der Waals surface area contributed by atoms with Crippen LogP contribution in [0.15, 0.2) is 140 Å². The molecule has 2 heteroatoms. The van der Waals surface area contributed by atoms with Crippen LogP contribution >= 0.6 is 0 Å². The first-order valence-corrected chi connectivity index (χ1v) is 14.2. The lowest BCUT2D eigenvalue weighted by molar-refractivity contribution is 1.01. The monoisotopic (exact) mass is 522 g/mol. The standard InChI is InChI=1S/C39H26N2/c1-40-35-19-16-29(24-34(35)39-31-11-5-4-9-26(31)15-21-38(39)40)28-17-20-37-33(23-28)32-12-6-7-13-36(32)41(37)30-18-14-25-8-2-3-10-27(25)22-30/h2-24H,1H3. The highest BCUT2D eigenvalue weighted by Crippen LogP contribution is 2.39. The Balaban J connectivity index is 1.28. The van der Waals surface area contributed by atoms with E-state index in [0.717, 1.165) is 0 Å². The van der Waals surface area contributed by atoms with Crippen molar-refractivity contribution in [2.75, 3.05) is 0 Å². The normalized spacial score (nSPS) is 12.0. The Morgan fingerprint density at radius 2 is 1.00 bits per heavy atom. The van der Waals surface area contributed by atoms with Crippen LogP contribution in [-0.2, 0) is 7.05 Å². The summed E-state index contributed by atoms with van der Waals surface area (Å²) in [6, 6.07) is 51.2. The maximum Gasteiger partial charge on any atom is 0.0541 e. The van der Waals surface area contributed by atoms with Crippen LogP contribution in [0.3, 0.4) is 0 Å². The number of benzene rings is 7. The zero-order chi connectivity index (χ0) is 27.1. The van der Waals surface area contributed by atoms with E-state index in [9.17, 15) is 0 Å². The Bertz CT molecular complexity index is 2490. The molecule has 9 rings (SSSR count). The number of aromatic nitrogens is 2. The van der Waals surface area contributed by atoms with Gasteiger partial charge in [-0.05, 0) is 81.2 Å². The Kier molecular flexibility index (Phi) is 4.57. The van der Waals surface area contributed by atoms with Crippen LogP contribution in [0.25, 0.3) is 82.0 Å². The minimum atomic E-state index is 1.19. The number of fused-ring (bicyclic) bond motifs is 9. The molecule has 2 aromatic heterocycles. The molecule has 0 fully saturated rings. The molecule has 2 nitrogen and oxygen atoms in total. The van der Waals surface area contributed by atoms with Crippen LogP contribution in [0.4, 0.5) is 0 Å². The summed E-state index contributed by atoms with van der Waals surface area (Å²) in [5.74, 6) is 0. The predicted octanol–water partition coefficient (Wildman–Crippen LogP) is 10.4. The molecule has 9 aromatic rings. The third-order valence-electron chi connectivity index (χ3n) is 8.89. The van der Waals surface area contributed by atoms with E-state index in [1.165, 1.54) is 82.0 Å². The van der Waals surface area contributed by atoms with Crippen LogP contribution < -0.4 is 0 Å². The first-order chi connectivity index (χ1) is 20.2. The summed E-state index contributed by atoms with van der Waals surface area (Å²) in [5.41, 5.74) is 8.64. The van der Waals surface area contributed by atoms with Gasteiger partial charge in [0.05, 0.1) is 11.0 Å². The zero-order valence-electron chi connectivity index (χ0n) is 22.7. The third-order valence-corrected chi connectivity index (χ3v) is 8.89. The van der Waals surface area contributed by atoms with Gasteiger partial charge in [0.25, 0.3) is 0 Å². The van der Waals surface area contributed by atoms with Crippen molar-refractivity contribution >= 4 is 65.2 Å². The molecule has 0 unspecified atom stereocenters. The van der Waals surface area contributed by atoms with Gasteiger partial charge in [-0.25, -0.2) is 0 Å². The number of para-hydroxylation sites is 1.